The molecule has 1 aromatic rings. The van der Waals surface area contributed by atoms with Gasteiger partial charge in [-0.05, 0) is 61.9 Å². The Bertz CT molecular complexity index is 389. The second kappa shape index (κ2) is 6.58. The van der Waals surface area contributed by atoms with E-state index >= 15 is 0 Å². The highest BCUT2D eigenvalue weighted by atomic mass is 35.5. The van der Waals surface area contributed by atoms with Gasteiger partial charge in [-0.2, -0.15) is 0 Å². The molecule has 1 aromatic carbocycles. The lowest BCUT2D eigenvalue weighted by atomic mass is 9.75. The van der Waals surface area contributed by atoms with Crippen LogP contribution < -0.4 is 5.32 Å². The number of aryl methyl sites for hydroxylation is 1. The number of benzene rings is 1. The third-order valence-electron chi connectivity index (χ3n) is 4.19. The maximum absolute atomic E-state index is 6.27. The smallest absolute Gasteiger partial charge is 0.0438 e. The highest BCUT2D eigenvalue weighted by Gasteiger charge is 2.26. The van der Waals surface area contributed by atoms with Crippen molar-refractivity contribution in [1.29, 1.82) is 0 Å². The Hall–Kier alpha value is -0.530. The topological polar surface area (TPSA) is 12.0 Å². The summed E-state index contributed by atoms with van der Waals surface area (Å²) in [6.45, 7) is 6.47. The predicted octanol–water partition coefficient (Wildman–Crippen LogP) is 4.53. The molecule has 0 amide bonds. The Morgan fingerprint density at radius 1 is 1.28 bits per heavy atom. The van der Waals surface area contributed by atoms with Gasteiger partial charge in [-0.25, -0.2) is 0 Å². The molecule has 1 nitrogen and oxygen atoms in total. The molecule has 0 aliphatic heterocycles. The quantitative estimate of drug-likeness (QED) is 0.843. The Labute approximate surface area is 116 Å². The zero-order valence-electron chi connectivity index (χ0n) is 11.5. The van der Waals surface area contributed by atoms with Crippen LogP contribution in [0.4, 0.5) is 0 Å². The van der Waals surface area contributed by atoms with E-state index in [-0.39, 0.29) is 0 Å². The van der Waals surface area contributed by atoms with Gasteiger partial charge in [0.25, 0.3) is 0 Å². The van der Waals surface area contributed by atoms with Crippen molar-refractivity contribution in [3.63, 3.8) is 0 Å². The van der Waals surface area contributed by atoms with Gasteiger partial charge in [0.2, 0.25) is 0 Å². The SMILES string of the molecule is CCNCC1CCCCC1c1ccc(C)c(Cl)c1. The van der Waals surface area contributed by atoms with Crippen LogP contribution in [0.25, 0.3) is 0 Å². The predicted molar refractivity (Wildman–Crippen MR) is 79.4 cm³/mol. The highest BCUT2D eigenvalue weighted by molar-refractivity contribution is 6.31. The van der Waals surface area contributed by atoms with Crippen LogP contribution in [-0.4, -0.2) is 13.1 Å². The second-order valence-electron chi connectivity index (χ2n) is 5.47. The molecule has 0 heterocycles. The van der Waals surface area contributed by atoms with Crippen molar-refractivity contribution in [2.45, 2.75) is 45.4 Å². The van der Waals surface area contributed by atoms with Crippen LogP contribution >= 0.6 is 11.6 Å². The van der Waals surface area contributed by atoms with Crippen molar-refractivity contribution < 1.29 is 0 Å². The second-order valence-corrected chi connectivity index (χ2v) is 5.87. The molecule has 1 fully saturated rings. The molecule has 0 aromatic heterocycles. The molecule has 100 valence electrons. The lowest BCUT2D eigenvalue weighted by Gasteiger charge is -2.32. The van der Waals surface area contributed by atoms with Crippen LogP contribution in [-0.2, 0) is 0 Å². The summed E-state index contributed by atoms with van der Waals surface area (Å²) in [5, 5.41) is 4.43. The summed E-state index contributed by atoms with van der Waals surface area (Å²) < 4.78 is 0. The zero-order valence-corrected chi connectivity index (χ0v) is 12.3. The summed E-state index contributed by atoms with van der Waals surface area (Å²) in [5.74, 6) is 1.47. The summed E-state index contributed by atoms with van der Waals surface area (Å²) in [6.07, 6.45) is 5.41. The molecule has 1 N–H and O–H groups in total. The highest BCUT2D eigenvalue weighted by Crippen LogP contribution is 2.38. The fourth-order valence-electron chi connectivity index (χ4n) is 3.06. The van der Waals surface area contributed by atoms with E-state index in [2.05, 4.69) is 37.4 Å². The lowest BCUT2D eigenvalue weighted by Crippen LogP contribution is -2.29. The van der Waals surface area contributed by atoms with Gasteiger partial charge in [0.15, 0.2) is 0 Å². The minimum atomic E-state index is 0.691. The Morgan fingerprint density at radius 2 is 2.06 bits per heavy atom. The van der Waals surface area contributed by atoms with Crippen LogP contribution in [0.1, 0.15) is 49.7 Å². The molecule has 0 spiro atoms. The minimum absolute atomic E-state index is 0.691. The van der Waals surface area contributed by atoms with E-state index in [0.29, 0.717) is 5.92 Å². The molecule has 2 rings (SSSR count). The number of hydrogen-bond acceptors (Lipinski definition) is 1. The monoisotopic (exact) mass is 265 g/mol. The first kappa shape index (κ1) is 13.9. The standard InChI is InChI=1S/C16H24ClN/c1-3-18-11-14-6-4-5-7-15(14)13-9-8-12(2)16(17)10-13/h8-10,14-15,18H,3-7,11H2,1-2H3. The van der Waals surface area contributed by atoms with Crippen molar-refractivity contribution in [3.8, 4) is 0 Å². The molecule has 1 aliphatic rings. The van der Waals surface area contributed by atoms with Crippen molar-refractivity contribution >= 4 is 11.6 Å². The van der Waals surface area contributed by atoms with E-state index in [1.165, 1.54) is 36.8 Å². The molecule has 0 saturated heterocycles. The van der Waals surface area contributed by atoms with Gasteiger partial charge >= 0.3 is 0 Å². The van der Waals surface area contributed by atoms with Gasteiger partial charge in [0.1, 0.15) is 0 Å². The van der Waals surface area contributed by atoms with Crippen molar-refractivity contribution in [2.75, 3.05) is 13.1 Å². The van der Waals surface area contributed by atoms with Crippen LogP contribution in [0.3, 0.4) is 0 Å². The molecule has 0 bridgehead atoms. The van der Waals surface area contributed by atoms with Crippen LogP contribution in [0.2, 0.25) is 5.02 Å². The molecule has 0 radical (unpaired) electrons. The third kappa shape index (κ3) is 3.27. The van der Waals surface area contributed by atoms with Gasteiger partial charge in [-0.15, -0.1) is 0 Å². The molecule has 2 heteroatoms. The first-order chi connectivity index (χ1) is 8.72. The van der Waals surface area contributed by atoms with Crippen LogP contribution in [0.5, 0.6) is 0 Å². The summed E-state index contributed by atoms with van der Waals surface area (Å²) >= 11 is 6.27. The fourth-order valence-corrected chi connectivity index (χ4v) is 3.25. The summed E-state index contributed by atoms with van der Waals surface area (Å²) in [6, 6.07) is 6.62. The summed E-state index contributed by atoms with van der Waals surface area (Å²) in [4.78, 5) is 0. The van der Waals surface area contributed by atoms with Crippen molar-refractivity contribution in [1.82, 2.24) is 5.32 Å². The fraction of sp³-hybridized carbons (Fsp3) is 0.625. The van der Waals surface area contributed by atoms with E-state index in [9.17, 15) is 0 Å². The van der Waals surface area contributed by atoms with Gasteiger partial charge in [0.05, 0.1) is 0 Å². The van der Waals surface area contributed by atoms with Crippen molar-refractivity contribution in [3.05, 3.63) is 34.3 Å². The van der Waals surface area contributed by atoms with Gasteiger partial charge in [0, 0.05) is 5.02 Å². The van der Waals surface area contributed by atoms with Gasteiger partial charge < -0.3 is 5.32 Å². The molecule has 1 aliphatic carbocycles. The maximum atomic E-state index is 6.27. The largest absolute Gasteiger partial charge is 0.317 e. The lowest BCUT2D eigenvalue weighted by molar-refractivity contribution is 0.297. The molecule has 18 heavy (non-hydrogen) atoms. The van der Waals surface area contributed by atoms with Gasteiger partial charge in [-0.1, -0.05) is 43.5 Å². The van der Waals surface area contributed by atoms with Crippen LogP contribution in [0.15, 0.2) is 18.2 Å². The van der Waals surface area contributed by atoms with E-state index in [0.717, 1.165) is 24.0 Å². The number of hydrogen-bond donors (Lipinski definition) is 1. The first-order valence-corrected chi connectivity index (χ1v) is 7.57. The molecule has 2 atom stereocenters. The maximum Gasteiger partial charge on any atom is 0.0438 e. The average Bonchev–Trinajstić information content (AvgIpc) is 2.40. The minimum Gasteiger partial charge on any atom is -0.317 e. The molecular weight excluding hydrogens is 242 g/mol. The molecule has 1 saturated carbocycles. The number of halogens is 1. The van der Waals surface area contributed by atoms with E-state index in [1.54, 1.807) is 0 Å². The summed E-state index contributed by atoms with van der Waals surface area (Å²) in [7, 11) is 0. The van der Waals surface area contributed by atoms with E-state index in [1.807, 2.05) is 0 Å². The first-order valence-electron chi connectivity index (χ1n) is 7.19. The third-order valence-corrected chi connectivity index (χ3v) is 4.60. The Balaban J connectivity index is 2.14. The normalized spacial score (nSPS) is 24.2. The number of rotatable bonds is 4. The van der Waals surface area contributed by atoms with Crippen LogP contribution in [0, 0.1) is 12.8 Å². The van der Waals surface area contributed by atoms with E-state index < -0.39 is 0 Å². The Morgan fingerprint density at radius 3 is 2.78 bits per heavy atom. The summed E-state index contributed by atoms with van der Waals surface area (Å²) in [5.41, 5.74) is 2.62. The van der Waals surface area contributed by atoms with Crippen molar-refractivity contribution in [2.24, 2.45) is 5.92 Å². The molecule has 2 unspecified atom stereocenters. The van der Waals surface area contributed by atoms with E-state index in [4.69, 9.17) is 11.6 Å². The Kier molecular flexibility index (Phi) is 5.08. The zero-order chi connectivity index (χ0) is 13.0. The molecular formula is C16H24ClN. The number of nitrogens with one attached hydrogen (secondary N) is 1. The average molecular weight is 266 g/mol. The van der Waals surface area contributed by atoms with Gasteiger partial charge in [-0.3, -0.25) is 0 Å².